The van der Waals surface area contributed by atoms with Crippen molar-refractivity contribution in [1.29, 1.82) is 0 Å². The molecule has 1 saturated heterocycles. The first-order chi connectivity index (χ1) is 41.5. The second-order valence-corrected chi connectivity index (χ2v) is 23.1. The predicted octanol–water partition coefficient (Wildman–Crippen LogP) is 12.7. The van der Waals surface area contributed by atoms with E-state index in [-0.39, 0.29) is 38.4 Å². The van der Waals surface area contributed by atoms with E-state index in [2.05, 4.69) is 32.1 Å². The molecule has 17 nitrogen and oxygen atoms in total. The van der Waals surface area contributed by atoms with Crippen LogP contribution in [-0.2, 0) is 57.3 Å². The van der Waals surface area contributed by atoms with Gasteiger partial charge in [-0.05, 0) is 108 Å². The fourth-order valence-electron chi connectivity index (χ4n) is 10.5. The minimum absolute atomic E-state index is 0.0209. The van der Waals surface area contributed by atoms with Gasteiger partial charge in [0.2, 0.25) is 0 Å². The fraction of sp³-hybridized carbons (Fsp3) is 0.710. The van der Waals surface area contributed by atoms with Gasteiger partial charge in [-0.15, -0.1) is 0 Å². The Bertz CT molecular complexity index is 2070. The summed E-state index contributed by atoms with van der Waals surface area (Å²) < 4.78 is 21.8. The van der Waals surface area contributed by atoms with E-state index in [4.69, 9.17) is 24.1 Å². The van der Waals surface area contributed by atoms with Crippen molar-refractivity contribution in [3.8, 4) is 0 Å². The summed E-state index contributed by atoms with van der Waals surface area (Å²) in [4.78, 5) is 95.6. The molecule has 1 aliphatic heterocycles. The molecule has 1 fully saturated rings. The Hall–Kier alpha value is -5.68. The highest BCUT2D eigenvalue weighted by Crippen LogP contribution is 2.30. The Kier molecular flexibility index (Phi) is 47.8. The zero-order valence-corrected chi connectivity index (χ0v) is 52.5. The summed E-state index contributed by atoms with van der Waals surface area (Å²) >= 11 is 0. The van der Waals surface area contributed by atoms with E-state index in [0.29, 0.717) is 44.9 Å². The molecule has 0 spiro atoms. The summed E-state index contributed by atoms with van der Waals surface area (Å²) in [7, 11) is 0. The molecule has 0 saturated carbocycles. The lowest BCUT2D eigenvalue weighted by atomic mass is 9.84. The molecule has 0 radical (unpaired) electrons. The summed E-state index contributed by atoms with van der Waals surface area (Å²) in [5.74, 6) is -10.2. The van der Waals surface area contributed by atoms with Gasteiger partial charge in [0.15, 0.2) is 12.4 Å². The van der Waals surface area contributed by atoms with Gasteiger partial charge < -0.3 is 54.1 Å². The summed E-state index contributed by atoms with van der Waals surface area (Å²) in [5.41, 5.74) is 0. The molecule has 8 unspecified atom stereocenters. The minimum atomic E-state index is -1.36. The molecular formula is C69H108O17-2. The molecule has 488 valence electrons. The van der Waals surface area contributed by atoms with Crippen LogP contribution in [-0.4, -0.2) is 88.7 Å². The topological polar surface area (TPSA) is 280 Å². The molecule has 0 bridgehead atoms. The summed E-state index contributed by atoms with van der Waals surface area (Å²) in [6.07, 6.45) is 47.6. The number of aliphatic hydroxyl groups is 1. The standard InChI is InChI=1S/C69H110O17/c1-4-7-9-10-26-35-43-55(59(68(80)81)50-62(72)73)44-36-29-24-25-32-40-48-65(76)85-57(52-83-63(74)46-38-30-22-18-14-12-11-13-16-20-27-34-41-54(6-3)58(67(78)79)49-61(70)71)53-84-64(75)47-39-31-23-19-15-17-21-28-37-45-56(42-33-8-5-2)60-51-66(77)86-69(60)82/h11,13,20-21,27-28,34,36-37,41,44-45,54-60,63,74H,4-10,12,14-19,22-26,29-33,35,38-40,42-43,46-53H2,1-3H3,(H,70,71)(H,72,73)(H,78,79)(H,80,81)/p-2/b13-11-,27-20-,28-21-,41-34+,44-36+,45-37+. The number of hydrogen-bond acceptors (Lipinski definition) is 15. The number of allylic oxidation sites excluding steroid dienone is 12. The monoisotopic (exact) mass is 1210 g/mol. The van der Waals surface area contributed by atoms with Crippen molar-refractivity contribution in [1.82, 2.24) is 0 Å². The maximum Gasteiger partial charge on any atom is 0.317 e. The highest BCUT2D eigenvalue weighted by molar-refractivity contribution is 5.95. The van der Waals surface area contributed by atoms with Crippen LogP contribution in [0.3, 0.4) is 0 Å². The van der Waals surface area contributed by atoms with E-state index in [9.17, 15) is 58.8 Å². The lowest BCUT2D eigenvalue weighted by Crippen LogP contribution is -2.37. The van der Waals surface area contributed by atoms with Crippen LogP contribution in [0.5, 0.6) is 0 Å². The van der Waals surface area contributed by atoms with Crippen LogP contribution in [0.25, 0.3) is 0 Å². The number of unbranched alkanes of at least 4 members (excludes halogenated alkanes) is 21. The van der Waals surface area contributed by atoms with Crippen molar-refractivity contribution in [2.45, 2.75) is 264 Å². The molecule has 17 heteroatoms. The van der Waals surface area contributed by atoms with Crippen LogP contribution >= 0.6 is 0 Å². The molecule has 8 atom stereocenters. The van der Waals surface area contributed by atoms with Gasteiger partial charge in [0.1, 0.15) is 6.61 Å². The minimum Gasteiger partial charge on any atom is -0.550 e. The number of carboxylic acid groups (broad SMARTS) is 4. The van der Waals surface area contributed by atoms with Crippen molar-refractivity contribution in [3.63, 3.8) is 0 Å². The smallest absolute Gasteiger partial charge is 0.317 e. The van der Waals surface area contributed by atoms with Crippen molar-refractivity contribution < 1.29 is 82.8 Å². The maximum atomic E-state index is 13.1. The molecule has 0 amide bonds. The number of hydrogen-bond donors (Lipinski definition) is 3. The zero-order valence-electron chi connectivity index (χ0n) is 52.5. The molecule has 1 aliphatic rings. The second-order valence-electron chi connectivity index (χ2n) is 23.1. The van der Waals surface area contributed by atoms with Gasteiger partial charge in [-0.1, -0.05) is 203 Å². The normalized spacial score (nSPS) is 16.3. The van der Waals surface area contributed by atoms with Crippen molar-refractivity contribution in [3.05, 3.63) is 72.9 Å². The van der Waals surface area contributed by atoms with Gasteiger partial charge in [0.25, 0.3) is 0 Å². The maximum absolute atomic E-state index is 13.1. The van der Waals surface area contributed by atoms with E-state index in [0.717, 1.165) is 154 Å². The molecule has 3 N–H and O–H groups in total. The Balaban J connectivity index is 2.62. The summed E-state index contributed by atoms with van der Waals surface area (Å²) in [6.45, 7) is 5.73. The van der Waals surface area contributed by atoms with Crippen LogP contribution in [0.2, 0.25) is 0 Å². The number of rotatable bonds is 57. The molecule has 0 aromatic carbocycles. The number of esters is 4. The number of aliphatic hydroxyl groups excluding tert-OH is 1. The van der Waals surface area contributed by atoms with Gasteiger partial charge in [0, 0.05) is 36.6 Å². The zero-order chi connectivity index (χ0) is 63.4. The van der Waals surface area contributed by atoms with Crippen LogP contribution in [0, 0.1) is 35.5 Å². The number of cyclic esters (lactones) is 2. The van der Waals surface area contributed by atoms with E-state index >= 15 is 0 Å². The van der Waals surface area contributed by atoms with Crippen LogP contribution in [0.4, 0.5) is 0 Å². The molecule has 86 heavy (non-hydrogen) atoms. The quantitative estimate of drug-likeness (QED) is 0.00970. The molecule has 1 heterocycles. The lowest BCUT2D eigenvalue weighted by Gasteiger charge is -2.24. The van der Waals surface area contributed by atoms with Gasteiger partial charge in [0.05, 0.1) is 31.8 Å². The molecule has 0 aromatic rings. The first-order valence-electron chi connectivity index (χ1n) is 32.7. The summed E-state index contributed by atoms with van der Waals surface area (Å²) in [5, 5.41) is 52.4. The van der Waals surface area contributed by atoms with Crippen LogP contribution < -0.4 is 10.2 Å². The Morgan fingerprint density at radius 1 is 0.547 bits per heavy atom. The molecular weight excluding hydrogens is 1100 g/mol. The number of carbonyl (C=O) groups is 8. The Morgan fingerprint density at radius 2 is 1.06 bits per heavy atom. The second kappa shape index (κ2) is 52.4. The highest BCUT2D eigenvalue weighted by Gasteiger charge is 2.38. The third-order valence-corrected chi connectivity index (χ3v) is 15.7. The lowest BCUT2D eigenvalue weighted by molar-refractivity contribution is -0.314. The van der Waals surface area contributed by atoms with Crippen LogP contribution in [0.1, 0.15) is 252 Å². The SMILES string of the molecule is CCCCCCCCC(/C=C/CCCCCCC(=O)OC(COC(=O)CCCCCCC/C=C\C=C\C(CCCCC)C1CC(=O)OC1=O)COC(O)CCCCCCC/C=C\C/C=C\C=C\C(CC)C(CC(=O)O)C(=O)[O-])C(CC(=O)O)C(=O)[O-]. The average molecular weight is 1210 g/mol. The van der Waals surface area contributed by atoms with Gasteiger partial charge in [-0.3, -0.25) is 28.8 Å². The summed E-state index contributed by atoms with van der Waals surface area (Å²) in [6, 6.07) is 0. The van der Waals surface area contributed by atoms with E-state index in [1.807, 2.05) is 49.5 Å². The Labute approximate surface area is 514 Å². The van der Waals surface area contributed by atoms with Crippen molar-refractivity contribution >= 4 is 47.8 Å². The first kappa shape index (κ1) is 78.3. The van der Waals surface area contributed by atoms with Crippen LogP contribution in [0.15, 0.2) is 72.9 Å². The predicted molar refractivity (Wildman–Crippen MR) is 328 cm³/mol. The van der Waals surface area contributed by atoms with Gasteiger partial charge in [-0.2, -0.15) is 0 Å². The highest BCUT2D eigenvalue weighted by atomic mass is 16.6. The van der Waals surface area contributed by atoms with Gasteiger partial charge in [-0.25, -0.2) is 0 Å². The first-order valence-corrected chi connectivity index (χ1v) is 32.7. The number of carboxylic acids is 4. The fourth-order valence-corrected chi connectivity index (χ4v) is 10.5. The Morgan fingerprint density at radius 3 is 1.65 bits per heavy atom. The van der Waals surface area contributed by atoms with Crippen molar-refractivity contribution in [2.75, 3.05) is 13.2 Å². The third kappa shape index (κ3) is 42.2. The van der Waals surface area contributed by atoms with E-state index < -0.39 is 103 Å². The average Bonchev–Trinajstić information content (AvgIpc) is 3.47. The van der Waals surface area contributed by atoms with Gasteiger partial charge >= 0.3 is 35.8 Å². The van der Waals surface area contributed by atoms with Crippen molar-refractivity contribution in [2.24, 2.45) is 35.5 Å². The largest absolute Gasteiger partial charge is 0.550 e. The number of aliphatic carboxylic acids is 4. The number of carbonyl (C=O) groups excluding carboxylic acids is 6. The van der Waals surface area contributed by atoms with E-state index in [1.54, 1.807) is 12.2 Å². The molecule has 0 aliphatic carbocycles. The third-order valence-electron chi connectivity index (χ3n) is 15.7. The van der Waals surface area contributed by atoms with E-state index in [1.165, 1.54) is 0 Å². The molecule has 0 aromatic heterocycles. The molecule has 1 rings (SSSR count). The number of ether oxygens (including phenoxy) is 4.